The van der Waals surface area contributed by atoms with Crippen molar-refractivity contribution in [2.45, 2.75) is 46.7 Å². The van der Waals surface area contributed by atoms with Crippen molar-refractivity contribution in [1.82, 2.24) is 10.2 Å². The summed E-state index contributed by atoms with van der Waals surface area (Å²) in [5.74, 6) is 0.388. The van der Waals surface area contributed by atoms with Crippen molar-refractivity contribution in [3.05, 3.63) is 29.8 Å². The minimum Gasteiger partial charge on any atom is -0.497 e. The van der Waals surface area contributed by atoms with Gasteiger partial charge >= 0.3 is 0 Å². The highest BCUT2D eigenvalue weighted by Gasteiger charge is 2.27. The minimum absolute atomic E-state index is 0.0437. The van der Waals surface area contributed by atoms with Crippen LogP contribution in [0.15, 0.2) is 24.3 Å². The Balaban J connectivity index is 2.74. The zero-order valence-electron chi connectivity index (χ0n) is 16.6. The second kappa shape index (κ2) is 11.5. The molecule has 0 aliphatic heterocycles. The van der Waals surface area contributed by atoms with Crippen molar-refractivity contribution in [2.75, 3.05) is 26.9 Å². The first kappa shape index (κ1) is 22.0. The average Bonchev–Trinajstić information content (AvgIpc) is 2.65. The van der Waals surface area contributed by atoms with Crippen molar-refractivity contribution < 1.29 is 19.1 Å². The van der Waals surface area contributed by atoms with Gasteiger partial charge in [0.25, 0.3) is 0 Å². The number of ether oxygens (including phenoxy) is 2. The molecule has 1 rings (SSSR count). The molecule has 146 valence electrons. The molecule has 0 heterocycles. The monoisotopic (exact) mass is 364 g/mol. The van der Waals surface area contributed by atoms with E-state index in [9.17, 15) is 9.59 Å². The molecule has 0 saturated carbocycles. The molecule has 2 amide bonds. The van der Waals surface area contributed by atoms with Crippen LogP contribution in [0.3, 0.4) is 0 Å². The van der Waals surface area contributed by atoms with Gasteiger partial charge in [-0.25, -0.2) is 0 Å². The maximum Gasteiger partial charge on any atom is 0.242 e. The number of nitrogens with one attached hydrogen (secondary N) is 1. The molecule has 1 atom stereocenters. The number of carbonyl (C=O) groups excluding carboxylic acids is 2. The van der Waals surface area contributed by atoms with Crippen LogP contribution in [-0.2, 0) is 20.9 Å². The Bertz CT molecular complexity index is 557. The molecule has 1 aromatic carbocycles. The molecular weight excluding hydrogens is 332 g/mol. The second-order valence-corrected chi connectivity index (χ2v) is 6.49. The Morgan fingerprint density at radius 1 is 1.15 bits per heavy atom. The number of rotatable bonds is 11. The van der Waals surface area contributed by atoms with Crippen molar-refractivity contribution in [2.24, 2.45) is 5.92 Å². The first-order valence-electron chi connectivity index (χ1n) is 9.19. The highest BCUT2D eigenvalue weighted by molar-refractivity contribution is 5.88. The fraction of sp³-hybridized carbons (Fsp3) is 0.600. The number of hydrogen-bond acceptors (Lipinski definition) is 4. The molecule has 1 aromatic rings. The van der Waals surface area contributed by atoms with Crippen molar-refractivity contribution in [1.29, 1.82) is 0 Å². The third-order valence-corrected chi connectivity index (χ3v) is 4.10. The van der Waals surface area contributed by atoms with Crippen molar-refractivity contribution in [3.8, 4) is 5.75 Å². The zero-order chi connectivity index (χ0) is 19.5. The van der Waals surface area contributed by atoms with Gasteiger partial charge in [-0.3, -0.25) is 9.59 Å². The van der Waals surface area contributed by atoms with Gasteiger partial charge in [0.1, 0.15) is 11.8 Å². The van der Waals surface area contributed by atoms with Crippen molar-refractivity contribution >= 4 is 11.8 Å². The Morgan fingerprint density at radius 3 is 2.35 bits per heavy atom. The maximum atomic E-state index is 12.6. The van der Waals surface area contributed by atoms with Crippen LogP contribution in [0.5, 0.6) is 5.75 Å². The molecule has 26 heavy (non-hydrogen) atoms. The Morgan fingerprint density at radius 2 is 1.81 bits per heavy atom. The summed E-state index contributed by atoms with van der Waals surface area (Å²) < 4.78 is 10.4. The quantitative estimate of drug-likeness (QED) is 0.613. The molecule has 0 unspecified atom stereocenters. The molecule has 6 heteroatoms. The van der Waals surface area contributed by atoms with E-state index in [-0.39, 0.29) is 17.7 Å². The Labute approximate surface area is 156 Å². The van der Waals surface area contributed by atoms with Gasteiger partial charge < -0.3 is 19.7 Å². The first-order chi connectivity index (χ1) is 12.4. The molecule has 0 bridgehead atoms. The summed E-state index contributed by atoms with van der Waals surface area (Å²) >= 11 is 0. The van der Waals surface area contributed by atoms with Crippen LogP contribution in [0.2, 0.25) is 0 Å². The van der Waals surface area contributed by atoms with Gasteiger partial charge in [0.2, 0.25) is 11.8 Å². The Hall–Kier alpha value is -2.08. The fourth-order valence-electron chi connectivity index (χ4n) is 2.48. The van der Waals surface area contributed by atoms with Gasteiger partial charge in [-0.1, -0.05) is 26.0 Å². The van der Waals surface area contributed by atoms with E-state index in [0.717, 1.165) is 17.7 Å². The number of amides is 2. The fourth-order valence-corrected chi connectivity index (χ4v) is 2.48. The van der Waals surface area contributed by atoms with Gasteiger partial charge in [0.15, 0.2) is 0 Å². The predicted molar refractivity (Wildman–Crippen MR) is 102 cm³/mol. The van der Waals surface area contributed by atoms with E-state index in [0.29, 0.717) is 26.3 Å². The van der Waals surface area contributed by atoms with Gasteiger partial charge in [0, 0.05) is 32.2 Å². The van der Waals surface area contributed by atoms with E-state index < -0.39 is 6.04 Å². The lowest BCUT2D eigenvalue weighted by molar-refractivity contribution is -0.143. The summed E-state index contributed by atoms with van der Waals surface area (Å²) in [6.07, 6.45) is 0.753. The zero-order valence-corrected chi connectivity index (χ0v) is 16.6. The predicted octanol–water partition coefficient (Wildman–Crippen LogP) is 2.61. The topological polar surface area (TPSA) is 67.9 Å². The lowest BCUT2D eigenvalue weighted by atomic mass is 10.1. The minimum atomic E-state index is -0.543. The van der Waals surface area contributed by atoms with Gasteiger partial charge in [-0.15, -0.1) is 0 Å². The van der Waals surface area contributed by atoms with Gasteiger partial charge in [-0.2, -0.15) is 0 Å². The van der Waals surface area contributed by atoms with E-state index >= 15 is 0 Å². The molecule has 0 aliphatic carbocycles. The van der Waals surface area contributed by atoms with Crippen LogP contribution in [0, 0.1) is 5.92 Å². The summed E-state index contributed by atoms with van der Waals surface area (Å²) in [6.45, 7) is 9.60. The van der Waals surface area contributed by atoms with E-state index in [1.165, 1.54) is 0 Å². The number of benzene rings is 1. The number of methoxy groups -OCH3 is 1. The van der Waals surface area contributed by atoms with Crippen LogP contribution in [0.25, 0.3) is 0 Å². The number of nitrogens with zero attached hydrogens (tertiary/aromatic N) is 1. The van der Waals surface area contributed by atoms with E-state index in [4.69, 9.17) is 9.47 Å². The van der Waals surface area contributed by atoms with Crippen LogP contribution in [-0.4, -0.2) is 49.6 Å². The first-order valence-corrected chi connectivity index (χ1v) is 9.19. The summed E-state index contributed by atoms with van der Waals surface area (Å²) in [7, 11) is 1.61. The standard InChI is InChI=1S/C20H32N2O4/c1-6-26-13-7-12-21-19(23)16(4)22(20(24)15(2)3)14-17-8-10-18(25-5)11-9-17/h8-11,15-16H,6-7,12-14H2,1-5H3,(H,21,23)/t16-/m1/s1. The van der Waals surface area contributed by atoms with Gasteiger partial charge in [-0.05, 0) is 38.0 Å². The molecule has 0 spiro atoms. The second-order valence-electron chi connectivity index (χ2n) is 6.49. The molecule has 0 fully saturated rings. The number of carbonyl (C=O) groups is 2. The molecule has 0 radical (unpaired) electrons. The Kier molecular flexibility index (Phi) is 9.73. The molecule has 0 aromatic heterocycles. The maximum absolute atomic E-state index is 12.6. The molecule has 0 saturated heterocycles. The highest BCUT2D eigenvalue weighted by Crippen LogP contribution is 2.16. The van der Waals surface area contributed by atoms with E-state index in [2.05, 4.69) is 5.32 Å². The molecule has 0 aliphatic rings. The largest absolute Gasteiger partial charge is 0.497 e. The molecule has 1 N–H and O–H groups in total. The van der Waals surface area contributed by atoms with Crippen molar-refractivity contribution in [3.63, 3.8) is 0 Å². The summed E-state index contributed by atoms with van der Waals surface area (Å²) in [4.78, 5) is 26.7. The highest BCUT2D eigenvalue weighted by atomic mass is 16.5. The smallest absolute Gasteiger partial charge is 0.242 e. The normalized spacial score (nSPS) is 11.9. The lowest BCUT2D eigenvalue weighted by Crippen LogP contribution is -2.49. The molecule has 6 nitrogen and oxygen atoms in total. The third-order valence-electron chi connectivity index (χ3n) is 4.10. The average molecular weight is 364 g/mol. The summed E-state index contributed by atoms with van der Waals surface area (Å²) in [5, 5.41) is 2.89. The van der Waals surface area contributed by atoms with Crippen LogP contribution >= 0.6 is 0 Å². The van der Waals surface area contributed by atoms with Crippen LogP contribution in [0.1, 0.15) is 39.7 Å². The van der Waals surface area contributed by atoms with Crippen LogP contribution < -0.4 is 10.1 Å². The SMILES string of the molecule is CCOCCCNC(=O)[C@@H](C)N(Cc1ccc(OC)cc1)C(=O)C(C)C. The third kappa shape index (κ3) is 7.04. The van der Waals surface area contributed by atoms with Crippen LogP contribution in [0.4, 0.5) is 0 Å². The summed E-state index contributed by atoms with van der Waals surface area (Å²) in [5.41, 5.74) is 0.954. The number of hydrogen-bond donors (Lipinski definition) is 1. The summed E-state index contributed by atoms with van der Waals surface area (Å²) in [6, 6.07) is 6.98. The molecular formula is C20H32N2O4. The lowest BCUT2D eigenvalue weighted by Gasteiger charge is -2.30. The van der Waals surface area contributed by atoms with Gasteiger partial charge in [0.05, 0.1) is 7.11 Å². The van der Waals surface area contributed by atoms with E-state index in [1.54, 1.807) is 18.9 Å². The van der Waals surface area contributed by atoms with E-state index in [1.807, 2.05) is 45.0 Å².